The molecular weight excluding hydrogens is 563 g/mol. The topological polar surface area (TPSA) is 91.0 Å². The van der Waals surface area contributed by atoms with Crippen LogP contribution in [0.2, 0.25) is 15.1 Å². The summed E-state index contributed by atoms with van der Waals surface area (Å²) in [7, 11) is 0. The van der Waals surface area contributed by atoms with Gasteiger partial charge in [0.1, 0.15) is 5.75 Å². The minimum atomic E-state index is -0.743. The number of ether oxygens (including phenoxy) is 1. The van der Waals surface area contributed by atoms with Crippen LogP contribution >= 0.6 is 34.8 Å². The molecule has 0 spiro atoms. The van der Waals surface area contributed by atoms with Crippen molar-refractivity contribution in [1.82, 2.24) is 10.2 Å². The predicted molar refractivity (Wildman–Crippen MR) is 152 cm³/mol. The SMILES string of the molecule is O=C1CC(c2ccc(Cl)cc2Cl)N(C(=O)COc2ccc(Cl)cc2)c2ccc(C(=O)N3CCNCC3)cc2N1. The van der Waals surface area contributed by atoms with Crippen LogP contribution in [0.4, 0.5) is 11.4 Å². The molecule has 2 aliphatic rings. The van der Waals surface area contributed by atoms with Crippen LogP contribution < -0.4 is 20.3 Å². The van der Waals surface area contributed by atoms with Gasteiger partial charge in [-0.2, -0.15) is 0 Å². The zero-order valence-corrected chi connectivity index (χ0v) is 23.0. The van der Waals surface area contributed by atoms with Crippen molar-refractivity contribution < 1.29 is 19.1 Å². The van der Waals surface area contributed by atoms with Crippen LogP contribution in [0, 0.1) is 0 Å². The predicted octanol–water partition coefficient (Wildman–Crippen LogP) is 5.19. The molecule has 3 aromatic carbocycles. The largest absolute Gasteiger partial charge is 0.484 e. The Bertz CT molecular complexity index is 1410. The first-order valence-corrected chi connectivity index (χ1v) is 13.5. The summed E-state index contributed by atoms with van der Waals surface area (Å²) in [6.07, 6.45) is -0.0657. The lowest BCUT2D eigenvalue weighted by Crippen LogP contribution is -2.46. The van der Waals surface area contributed by atoms with Gasteiger partial charge in [0.15, 0.2) is 6.61 Å². The fraction of sp³-hybridized carbons (Fsp3) is 0.250. The molecule has 11 heteroatoms. The van der Waals surface area contributed by atoms with Crippen molar-refractivity contribution >= 4 is 63.9 Å². The van der Waals surface area contributed by atoms with Crippen molar-refractivity contribution in [3.63, 3.8) is 0 Å². The van der Waals surface area contributed by atoms with Crippen LogP contribution in [0.25, 0.3) is 0 Å². The van der Waals surface area contributed by atoms with Gasteiger partial charge in [-0.3, -0.25) is 19.3 Å². The molecule has 3 amide bonds. The number of carbonyl (C=O) groups excluding carboxylic acids is 3. The smallest absolute Gasteiger partial charge is 0.265 e. The molecule has 1 atom stereocenters. The van der Waals surface area contributed by atoms with E-state index in [9.17, 15) is 14.4 Å². The van der Waals surface area contributed by atoms with Crippen molar-refractivity contribution in [3.05, 3.63) is 86.9 Å². The molecule has 2 heterocycles. The molecule has 0 radical (unpaired) electrons. The highest BCUT2D eigenvalue weighted by Crippen LogP contribution is 2.41. The van der Waals surface area contributed by atoms with Crippen LogP contribution in [0.3, 0.4) is 0 Å². The minimum absolute atomic E-state index is 0.0657. The van der Waals surface area contributed by atoms with Crippen molar-refractivity contribution in [3.8, 4) is 5.75 Å². The maximum absolute atomic E-state index is 13.8. The Labute approximate surface area is 240 Å². The first-order chi connectivity index (χ1) is 18.8. The molecule has 8 nitrogen and oxygen atoms in total. The fourth-order valence-electron chi connectivity index (χ4n) is 4.74. The molecule has 39 heavy (non-hydrogen) atoms. The third kappa shape index (κ3) is 6.15. The number of hydrogen-bond acceptors (Lipinski definition) is 5. The third-order valence-electron chi connectivity index (χ3n) is 6.64. The van der Waals surface area contributed by atoms with E-state index in [1.54, 1.807) is 65.6 Å². The highest BCUT2D eigenvalue weighted by Gasteiger charge is 2.35. The Morgan fingerprint density at radius 2 is 1.64 bits per heavy atom. The van der Waals surface area contributed by atoms with Gasteiger partial charge in [0, 0.05) is 46.8 Å². The van der Waals surface area contributed by atoms with E-state index in [0.717, 1.165) is 0 Å². The molecule has 0 aromatic heterocycles. The monoisotopic (exact) mass is 586 g/mol. The zero-order chi connectivity index (χ0) is 27.5. The molecule has 1 saturated heterocycles. The summed E-state index contributed by atoms with van der Waals surface area (Å²) in [4.78, 5) is 43.3. The molecule has 1 fully saturated rings. The maximum atomic E-state index is 13.8. The second-order valence-electron chi connectivity index (χ2n) is 9.21. The number of hydrogen-bond donors (Lipinski definition) is 2. The van der Waals surface area contributed by atoms with Gasteiger partial charge in [-0.15, -0.1) is 0 Å². The van der Waals surface area contributed by atoms with E-state index in [-0.39, 0.29) is 24.8 Å². The van der Waals surface area contributed by atoms with E-state index < -0.39 is 11.9 Å². The summed E-state index contributed by atoms with van der Waals surface area (Å²) in [5, 5.41) is 7.40. The fourth-order valence-corrected chi connectivity index (χ4v) is 5.40. The number of nitrogens with one attached hydrogen (secondary N) is 2. The third-order valence-corrected chi connectivity index (χ3v) is 7.45. The summed E-state index contributed by atoms with van der Waals surface area (Å²) in [6.45, 7) is 2.30. The summed E-state index contributed by atoms with van der Waals surface area (Å²) in [5.41, 5.74) is 1.76. The number of amides is 3. The lowest BCUT2D eigenvalue weighted by atomic mass is 10.0. The highest BCUT2D eigenvalue weighted by atomic mass is 35.5. The summed E-state index contributed by atoms with van der Waals surface area (Å²) in [5.74, 6) is -0.401. The van der Waals surface area contributed by atoms with Gasteiger partial charge in [0.25, 0.3) is 11.8 Å². The molecule has 5 rings (SSSR count). The van der Waals surface area contributed by atoms with E-state index in [2.05, 4.69) is 10.6 Å². The number of fused-ring (bicyclic) bond motifs is 1. The number of benzene rings is 3. The lowest BCUT2D eigenvalue weighted by molar-refractivity contribution is -0.121. The highest BCUT2D eigenvalue weighted by molar-refractivity contribution is 6.35. The number of nitrogens with zero attached hydrogens (tertiary/aromatic N) is 2. The van der Waals surface area contributed by atoms with Crippen molar-refractivity contribution in [2.45, 2.75) is 12.5 Å². The Morgan fingerprint density at radius 1 is 0.923 bits per heavy atom. The summed E-state index contributed by atoms with van der Waals surface area (Å²) < 4.78 is 5.76. The molecule has 0 saturated carbocycles. The first kappa shape index (κ1) is 27.3. The number of piperazine rings is 1. The van der Waals surface area contributed by atoms with Gasteiger partial charge >= 0.3 is 0 Å². The van der Waals surface area contributed by atoms with Crippen molar-refractivity contribution in [2.75, 3.05) is 43.0 Å². The number of anilines is 2. The van der Waals surface area contributed by atoms with Gasteiger partial charge in [0.05, 0.1) is 23.8 Å². The molecule has 2 N–H and O–H groups in total. The van der Waals surface area contributed by atoms with Gasteiger partial charge < -0.3 is 20.3 Å². The summed E-state index contributed by atoms with van der Waals surface area (Å²) >= 11 is 18.6. The van der Waals surface area contributed by atoms with Crippen molar-refractivity contribution in [2.24, 2.45) is 0 Å². The number of halogens is 3. The Morgan fingerprint density at radius 3 is 2.36 bits per heavy atom. The molecule has 2 aliphatic heterocycles. The van der Waals surface area contributed by atoms with E-state index >= 15 is 0 Å². The van der Waals surface area contributed by atoms with Gasteiger partial charge in [0.2, 0.25) is 5.91 Å². The Kier molecular flexibility index (Phi) is 8.28. The van der Waals surface area contributed by atoms with Gasteiger partial charge in [-0.05, 0) is 60.2 Å². The average molecular weight is 588 g/mol. The first-order valence-electron chi connectivity index (χ1n) is 12.4. The molecule has 0 aliphatic carbocycles. The Hall–Kier alpha value is -3.30. The van der Waals surface area contributed by atoms with Crippen LogP contribution in [-0.2, 0) is 9.59 Å². The van der Waals surface area contributed by atoms with Crippen LogP contribution in [-0.4, -0.2) is 55.4 Å². The van der Waals surface area contributed by atoms with Crippen LogP contribution in [0.5, 0.6) is 5.75 Å². The number of carbonyl (C=O) groups is 3. The minimum Gasteiger partial charge on any atom is -0.484 e. The quantitative estimate of drug-likeness (QED) is 0.429. The molecular formula is C28H25Cl3N4O4. The summed E-state index contributed by atoms with van der Waals surface area (Å²) in [6, 6.07) is 15.8. The maximum Gasteiger partial charge on any atom is 0.265 e. The molecule has 3 aromatic rings. The van der Waals surface area contributed by atoms with E-state index in [0.29, 0.717) is 69.5 Å². The Balaban J connectivity index is 1.52. The van der Waals surface area contributed by atoms with Crippen molar-refractivity contribution in [1.29, 1.82) is 0 Å². The molecule has 1 unspecified atom stereocenters. The second-order valence-corrected chi connectivity index (χ2v) is 10.5. The molecule has 0 bridgehead atoms. The zero-order valence-electron chi connectivity index (χ0n) is 20.8. The van der Waals surface area contributed by atoms with E-state index in [1.807, 2.05) is 0 Å². The van der Waals surface area contributed by atoms with Gasteiger partial charge in [-0.1, -0.05) is 40.9 Å². The standard InChI is InChI=1S/C28H25Cl3N4O4/c29-18-2-5-20(6-3-18)39-16-27(37)35-24-8-1-17(28(38)34-11-9-32-10-12-34)13-23(24)33-26(36)15-25(35)21-7-4-19(30)14-22(21)31/h1-8,13-14,25,32H,9-12,15-16H2,(H,33,36). The average Bonchev–Trinajstić information content (AvgIpc) is 3.07. The number of rotatable bonds is 5. The van der Waals surface area contributed by atoms with Crippen LogP contribution in [0.1, 0.15) is 28.4 Å². The van der Waals surface area contributed by atoms with E-state index in [4.69, 9.17) is 39.5 Å². The lowest BCUT2D eigenvalue weighted by Gasteiger charge is -2.32. The second kappa shape index (κ2) is 11.8. The normalized spacial score (nSPS) is 17.2. The van der Waals surface area contributed by atoms with Gasteiger partial charge in [-0.25, -0.2) is 0 Å². The van der Waals surface area contributed by atoms with Crippen LogP contribution in [0.15, 0.2) is 60.7 Å². The van der Waals surface area contributed by atoms with E-state index in [1.165, 1.54) is 4.90 Å². The molecule has 202 valence electrons.